The Bertz CT molecular complexity index is 1170. The van der Waals surface area contributed by atoms with E-state index in [0.717, 1.165) is 23.9 Å². The minimum Gasteiger partial charge on any atom is -0.377 e. The third-order valence-corrected chi connectivity index (χ3v) is 6.64. The van der Waals surface area contributed by atoms with Crippen LogP contribution < -0.4 is 10.0 Å². The highest BCUT2D eigenvalue weighted by molar-refractivity contribution is 7.89. The molecular formula is C21H24N4O4S. The maximum atomic E-state index is 12.6. The van der Waals surface area contributed by atoms with Gasteiger partial charge in [0.15, 0.2) is 0 Å². The second kappa shape index (κ2) is 8.55. The molecule has 0 aliphatic carbocycles. The van der Waals surface area contributed by atoms with E-state index >= 15 is 0 Å². The summed E-state index contributed by atoms with van der Waals surface area (Å²) in [4.78, 5) is 17.2. The van der Waals surface area contributed by atoms with Gasteiger partial charge in [0, 0.05) is 25.8 Å². The minimum atomic E-state index is -3.72. The van der Waals surface area contributed by atoms with Crippen LogP contribution in [0.15, 0.2) is 53.4 Å². The molecule has 0 spiro atoms. The monoisotopic (exact) mass is 428 g/mol. The first-order valence-corrected chi connectivity index (χ1v) is 11.3. The third kappa shape index (κ3) is 4.38. The number of para-hydroxylation sites is 2. The van der Waals surface area contributed by atoms with Crippen molar-refractivity contribution in [2.24, 2.45) is 7.05 Å². The van der Waals surface area contributed by atoms with Crippen LogP contribution in [0.1, 0.15) is 29.0 Å². The number of hydrogen-bond donors (Lipinski definition) is 2. The van der Waals surface area contributed by atoms with Gasteiger partial charge in [-0.2, -0.15) is 0 Å². The minimum absolute atomic E-state index is 0.0517. The summed E-state index contributed by atoms with van der Waals surface area (Å²) in [5, 5.41) is 2.81. The van der Waals surface area contributed by atoms with Gasteiger partial charge in [-0.1, -0.05) is 18.2 Å². The Morgan fingerprint density at radius 2 is 2.07 bits per heavy atom. The first kappa shape index (κ1) is 20.5. The number of nitrogens with one attached hydrogen (secondary N) is 2. The molecule has 9 heteroatoms. The molecule has 0 saturated carbocycles. The fourth-order valence-corrected chi connectivity index (χ4v) is 4.62. The van der Waals surface area contributed by atoms with Gasteiger partial charge in [0.2, 0.25) is 10.0 Å². The highest BCUT2D eigenvalue weighted by Gasteiger charge is 2.21. The summed E-state index contributed by atoms with van der Waals surface area (Å²) >= 11 is 0. The van der Waals surface area contributed by atoms with Gasteiger partial charge in [0.05, 0.1) is 28.6 Å². The van der Waals surface area contributed by atoms with Crippen molar-refractivity contribution in [3.05, 3.63) is 59.9 Å². The molecule has 2 aromatic carbocycles. The number of amides is 1. The molecule has 1 saturated heterocycles. The molecule has 1 aliphatic heterocycles. The van der Waals surface area contributed by atoms with Gasteiger partial charge in [-0.05, 0) is 43.2 Å². The molecule has 0 bridgehead atoms. The highest BCUT2D eigenvalue weighted by atomic mass is 32.2. The predicted molar refractivity (Wildman–Crippen MR) is 112 cm³/mol. The number of benzene rings is 2. The average molecular weight is 429 g/mol. The number of imidazole rings is 1. The Labute approximate surface area is 175 Å². The van der Waals surface area contributed by atoms with E-state index in [4.69, 9.17) is 4.74 Å². The normalized spacial score (nSPS) is 16.8. The Kier molecular flexibility index (Phi) is 5.85. The molecule has 0 unspecified atom stereocenters. The third-order valence-electron chi connectivity index (χ3n) is 5.22. The van der Waals surface area contributed by atoms with E-state index < -0.39 is 10.0 Å². The quantitative estimate of drug-likeness (QED) is 0.599. The number of ether oxygens (including phenoxy) is 1. The lowest BCUT2D eigenvalue weighted by molar-refractivity contribution is 0.0949. The molecule has 4 rings (SSSR count). The molecule has 2 heterocycles. The predicted octanol–water partition coefficient (Wildman–Crippen LogP) is 1.96. The summed E-state index contributed by atoms with van der Waals surface area (Å²) in [7, 11) is -1.83. The average Bonchev–Trinajstić information content (AvgIpc) is 3.39. The highest BCUT2D eigenvalue weighted by Crippen LogP contribution is 2.16. The molecule has 3 aromatic rings. The Morgan fingerprint density at radius 1 is 1.23 bits per heavy atom. The number of rotatable bonds is 7. The van der Waals surface area contributed by atoms with Gasteiger partial charge >= 0.3 is 0 Å². The first-order chi connectivity index (χ1) is 14.4. The summed E-state index contributed by atoms with van der Waals surface area (Å²) in [5.74, 6) is 0.352. The van der Waals surface area contributed by atoms with Gasteiger partial charge < -0.3 is 14.6 Å². The van der Waals surface area contributed by atoms with Crippen molar-refractivity contribution in [1.82, 2.24) is 19.6 Å². The lowest BCUT2D eigenvalue weighted by Gasteiger charge is -2.12. The molecule has 158 valence electrons. The van der Waals surface area contributed by atoms with E-state index in [2.05, 4.69) is 15.0 Å². The SMILES string of the molecule is Cn1c(CNC(=O)c2cccc(S(=O)(=O)NC[C@@H]3CCCO3)c2)nc2ccccc21. The van der Waals surface area contributed by atoms with Crippen molar-refractivity contribution in [1.29, 1.82) is 0 Å². The van der Waals surface area contributed by atoms with Crippen molar-refractivity contribution >= 4 is 27.0 Å². The summed E-state index contributed by atoms with van der Waals surface area (Å²) in [6.07, 6.45) is 1.68. The van der Waals surface area contributed by atoms with E-state index in [-0.39, 0.29) is 35.6 Å². The maximum Gasteiger partial charge on any atom is 0.251 e. The van der Waals surface area contributed by atoms with E-state index in [0.29, 0.717) is 12.4 Å². The molecular weight excluding hydrogens is 404 g/mol. The smallest absolute Gasteiger partial charge is 0.251 e. The lowest BCUT2D eigenvalue weighted by atomic mass is 10.2. The van der Waals surface area contributed by atoms with Crippen LogP contribution in [-0.4, -0.2) is 43.1 Å². The summed E-state index contributed by atoms with van der Waals surface area (Å²) in [6, 6.07) is 13.7. The van der Waals surface area contributed by atoms with Crippen molar-refractivity contribution in [2.75, 3.05) is 13.2 Å². The Morgan fingerprint density at radius 3 is 2.83 bits per heavy atom. The van der Waals surface area contributed by atoms with Crippen LogP contribution in [0.4, 0.5) is 0 Å². The van der Waals surface area contributed by atoms with Crippen LogP contribution in [-0.2, 0) is 28.4 Å². The standard InChI is InChI=1S/C21H24N4O4S/c1-25-19-10-3-2-9-18(19)24-20(25)14-22-21(26)15-6-4-8-17(12-15)30(27,28)23-13-16-7-5-11-29-16/h2-4,6,8-10,12,16,23H,5,7,11,13-14H2,1H3,(H,22,26)/t16-/m0/s1. The van der Waals surface area contributed by atoms with Crippen molar-refractivity contribution in [3.8, 4) is 0 Å². The fourth-order valence-electron chi connectivity index (χ4n) is 3.51. The summed E-state index contributed by atoms with van der Waals surface area (Å²) in [6.45, 7) is 1.12. The molecule has 0 radical (unpaired) electrons. The fraction of sp³-hybridized carbons (Fsp3) is 0.333. The first-order valence-electron chi connectivity index (χ1n) is 9.84. The topological polar surface area (TPSA) is 102 Å². The number of hydrogen-bond acceptors (Lipinski definition) is 5. The van der Waals surface area contributed by atoms with Crippen LogP contribution in [0.5, 0.6) is 0 Å². The number of aryl methyl sites for hydroxylation is 1. The molecule has 1 aliphatic rings. The molecule has 1 fully saturated rings. The molecule has 8 nitrogen and oxygen atoms in total. The van der Waals surface area contributed by atoms with Crippen LogP contribution in [0.2, 0.25) is 0 Å². The number of carbonyl (C=O) groups excluding carboxylic acids is 1. The number of fused-ring (bicyclic) bond motifs is 1. The Balaban J connectivity index is 1.43. The zero-order valence-corrected chi connectivity index (χ0v) is 17.5. The number of aromatic nitrogens is 2. The maximum absolute atomic E-state index is 12.6. The van der Waals surface area contributed by atoms with E-state index in [9.17, 15) is 13.2 Å². The number of carbonyl (C=O) groups is 1. The van der Waals surface area contributed by atoms with E-state index in [1.807, 2.05) is 35.9 Å². The van der Waals surface area contributed by atoms with Gasteiger partial charge in [-0.3, -0.25) is 4.79 Å². The van der Waals surface area contributed by atoms with Gasteiger partial charge in [-0.25, -0.2) is 18.1 Å². The van der Waals surface area contributed by atoms with E-state index in [1.54, 1.807) is 12.1 Å². The van der Waals surface area contributed by atoms with Crippen molar-refractivity contribution in [2.45, 2.75) is 30.4 Å². The number of sulfonamides is 1. The largest absolute Gasteiger partial charge is 0.377 e. The van der Waals surface area contributed by atoms with Gasteiger partial charge in [0.25, 0.3) is 5.91 Å². The lowest BCUT2D eigenvalue weighted by Crippen LogP contribution is -2.32. The summed E-state index contributed by atoms with van der Waals surface area (Å²) in [5.41, 5.74) is 2.11. The van der Waals surface area contributed by atoms with Crippen LogP contribution in [0.25, 0.3) is 11.0 Å². The molecule has 1 atom stereocenters. The summed E-state index contributed by atoms with van der Waals surface area (Å²) < 4.78 is 35.1. The zero-order chi connectivity index (χ0) is 21.1. The number of nitrogens with zero attached hydrogens (tertiary/aromatic N) is 2. The molecule has 1 amide bonds. The second-order valence-electron chi connectivity index (χ2n) is 7.27. The zero-order valence-electron chi connectivity index (χ0n) is 16.7. The van der Waals surface area contributed by atoms with Gasteiger partial charge in [0.1, 0.15) is 5.82 Å². The van der Waals surface area contributed by atoms with Crippen LogP contribution >= 0.6 is 0 Å². The van der Waals surface area contributed by atoms with Crippen molar-refractivity contribution in [3.63, 3.8) is 0 Å². The van der Waals surface area contributed by atoms with E-state index in [1.165, 1.54) is 12.1 Å². The second-order valence-corrected chi connectivity index (χ2v) is 9.04. The Hall–Kier alpha value is -2.75. The van der Waals surface area contributed by atoms with Gasteiger partial charge in [-0.15, -0.1) is 0 Å². The molecule has 2 N–H and O–H groups in total. The molecule has 1 aromatic heterocycles. The van der Waals surface area contributed by atoms with Crippen molar-refractivity contribution < 1.29 is 17.9 Å². The molecule has 30 heavy (non-hydrogen) atoms. The van der Waals surface area contributed by atoms with Crippen LogP contribution in [0, 0.1) is 0 Å². The van der Waals surface area contributed by atoms with Crippen LogP contribution in [0.3, 0.4) is 0 Å².